The molecule has 0 saturated carbocycles. The van der Waals surface area contributed by atoms with Crippen molar-refractivity contribution in [2.45, 2.75) is 20.3 Å². The zero-order chi connectivity index (χ0) is 19.2. The predicted octanol–water partition coefficient (Wildman–Crippen LogP) is 3.53. The van der Waals surface area contributed by atoms with E-state index in [1.807, 2.05) is 40.2 Å². The van der Waals surface area contributed by atoms with Crippen LogP contribution < -0.4 is 10.1 Å². The molecule has 0 aliphatic rings. The van der Waals surface area contributed by atoms with Crippen LogP contribution in [0.4, 0.5) is 0 Å². The lowest BCUT2D eigenvalue weighted by Crippen LogP contribution is -2.30. The quantitative estimate of drug-likeness (QED) is 0.572. The molecule has 0 aliphatic heterocycles. The van der Waals surface area contributed by atoms with Gasteiger partial charge in [0.05, 0.1) is 12.8 Å². The monoisotopic (exact) mass is 386 g/mol. The van der Waals surface area contributed by atoms with Crippen LogP contribution in [0.1, 0.15) is 30.8 Å². The predicted molar refractivity (Wildman–Crippen MR) is 110 cm³/mol. The zero-order valence-corrected chi connectivity index (χ0v) is 16.9. The summed E-state index contributed by atoms with van der Waals surface area (Å²) in [6, 6.07) is 7.76. The van der Waals surface area contributed by atoms with Crippen LogP contribution in [0.2, 0.25) is 0 Å². The Balaban J connectivity index is 1.66. The van der Waals surface area contributed by atoms with E-state index in [2.05, 4.69) is 29.0 Å². The van der Waals surface area contributed by atoms with Gasteiger partial charge in [-0.2, -0.15) is 0 Å². The van der Waals surface area contributed by atoms with Crippen LogP contribution in [0.5, 0.6) is 5.75 Å². The Hall–Kier alpha value is -2.38. The average molecular weight is 387 g/mol. The first-order valence-corrected chi connectivity index (χ1v) is 10.2. The highest BCUT2D eigenvalue weighted by molar-refractivity contribution is 7.15. The van der Waals surface area contributed by atoms with Crippen molar-refractivity contribution in [3.63, 3.8) is 0 Å². The number of rotatable bonds is 9. The third kappa shape index (κ3) is 4.48. The minimum atomic E-state index is -0.0560. The van der Waals surface area contributed by atoms with Crippen molar-refractivity contribution in [3.05, 3.63) is 41.5 Å². The molecule has 6 nitrogen and oxygen atoms in total. The molecule has 3 rings (SSSR count). The molecule has 0 atom stereocenters. The highest BCUT2D eigenvalue weighted by Crippen LogP contribution is 2.25. The second-order valence-electron chi connectivity index (χ2n) is 6.26. The van der Waals surface area contributed by atoms with Gasteiger partial charge in [-0.15, -0.1) is 11.3 Å². The molecule has 3 aromatic rings. The highest BCUT2D eigenvalue weighted by Gasteiger charge is 2.15. The van der Waals surface area contributed by atoms with Crippen LogP contribution in [-0.2, 0) is 0 Å². The van der Waals surface area contributed by atoms with Gasteiger partial charge in [-0.1, -0.05) is 13.8 Å². The summed E-state index contributed by atoms with van der Waals surface area (Å²) >= 11 is 1.47. The van der Waals surface area contributed by atoms with Gasteiger partial charge in [-0.3, -0.25) is 9.20 Å². The van der Waals surface area contributed by atoms with Crippen molar-refractivity contribution < 1.29 is 9.53 Å². The minimum Gasteiger partial charge on any atom is -0.497 e. The molecule has 1 amide bonds. The van der Waals surface area contributed by atoms with Gasteiger partial charge >= 0.3 is 0 Å². The minimum absolute atomic E-state index is 0.0560. The molecule has 7 heteroatoms. The SMILES string of the molecule is CCN(CC)CCCNC(=O)c1csc2nc(-c3ccc(OC)cc3)cn12. The lowest BCUT2D eigenvalue weighted by molar-refractivity contribution is 0.0946. The lowest BCUT2D eigenvalue weighted by atomic mass is 10.2. The summed E-state index contributed by atoms with van der Waals surface area (Å²) in [5, 5.41) is 4.88. The standard InChI is InChI=1S/C20H26N4O2S/c1-4-23(5-2)12-6-11-21-19(25)18-14-27-20-22-17(13-24(18)20)15-7-9-16(26-3)10-8-15/h7-10,13-14H,4-6,11-12H2,1-3H3,(H,21,25). The first-order chi connectivity index (χ1) is 13.2. The van der Waals surface area contributed by atoms with Crippen LogP contribution in [0.15, 0.2) is 35.8 Å². The number of methoxy groups -OCH3 is 1. The number of benzene rings is 1. The van der Waals surface area contributed by atoms with Crippen LogP contribution >= 0.6 is 11.3 Å². The number of carbonyl (C=O) groups excluding carboxylic acids is 1. The van der Waals surface area contributed by atoms with Crippen molar-refractivity contribution >= 4 is 22.2 Å². The second kappa shape index (κ2) is 9.01. The Labute approximate surface area is 163 Å². The first-order valence-electron chi connectivity index (χ1n) is 9.27. The fourth-order valence-corrected chi connectivity index (χ4v) is 3.84. The maximum absolute atomic E-state index is 12.5. The van der Waals surface area contributed by atoms with Gasteiger partial charge < -0.3 is 15.0 Å². The molecule has 2 aromatic heterocycles. The van der Waals surface area contributed by atoms with Crippen molar-refractivity contribution in [2.75, 3.05) is 33.3 Å². The van der Waals surface area contributed by atoms with Crippen LogP contribution in [-0.4, -0.2) is 53.5 Å². The third-order valence-electron chi connectivity index (χ3n) is 4.66. The molecule has 0 unspecified atom stereocenters. The van der Waals surface area contributed by atoms with Gasteiger partial charge in [0.25, 0.3) is 5.91 Å². The Bertz CT molecular complexity index is 881. The Kier molecular flexibility index (Phi) is 6.47. The number of thiazole rings is 1. The smallest absolute Gasteiger partial charge is 0.269 e. The number of nitrogens with one attached hydrogen (secondary N) is 1. The highest BCUT2D eigenvalue weighted by atomic mass is 32.1. The summed E-state index contributed by atoms with van der Waals surface area (Å²) in [4.78, 5) is 20.4. The number of fused-ring (bicyclic) bond motifs is 1. The van der Waals surface area contributed by atoms with Gasteiger partial charge in [0.2, 0.25) is 0 Å². The third-order valence-corrected chi connectivity index (χ3v) is 5.50. The molecule has 0 saturated heterocycles. The van der Waals surface area contributed by atoms with Gasteiger partial charge in [0, 0.05) is 23.7 Å². The molecule has 0 radical (unpaired) electrons. The van der Waals surface area contributed by atoms with E-state index in [1.165, 1.54) is 11.3 Å². The van der Waals surface area contributed by atoms with Crippen LogP contribution in [0, 0.1) is 0 Å². The van der Waals surface area contributed by atoms with Crippen molar-refractivity contribution in [2.24, 2.45) is 0 Å². The molecular weight excluding hydrogens is 360 g/mol. The van der Waals surface area contributed by atoms with Crippen LogP contribution in [0.3, 0.4) is 0 Å². The normalized spacial score (nSPS) is 11.3. The Morgan fingerprint density at radius 3 is 2.67 bits per heavy atom. The zero-order valence-electron chi connectivity index (χ0n) is 16.1. The first kappa shape index (κ1) is 19.4. The fourth-order valence-electron chi connectivity index (χ4n) is 2.98. The number of carbonyl (C=O) groups is 1. The number of amides is 1. The largest absolute Gasteiger partial charge is 0.497 e. The maximum atomic E-state index is 12.5. The lowest BCUT2D eigenvalue weighted by Gasteiger charge is -2.17. The van der Waals surface area contributed by atoms with E-state index in [1.54, 1.807) is 7.11 Å². The van der Waals surface area contributed by atoms with Crippen molar-refractivity contribution in [1.82, 2.24) is 19.6 Å². The van der Waals surface area contributed by atoms with E-state index < -0.39 is 0 Å². The summed E-state index contributed by atoms with van der Waals surface area (Å²) in [6.07, 6.45) is 2.86. The Morgan fingerprint density at radius 2 is 2.00 bits per heavy atom. The molecule has 1 N–H and O–H groups in total. The number of hydrogen-bond donors (Lipinski definition) is 1. The fraction of sp³-hybridized carbons (Fsp3) is 0.400. The summed E-state index contributed by atoms with van der Waals surface area (Å²) < 4.78 is 7.06. The molecule has 27 heavy (non-hydrogen) atoms. The van der Waals surface area contributed by atoms with E-state index in [0.29, 0.717) is 12.2 Å². The van der Waals surface area contributed by atoms with E-state index in [0.717, 1.165) is 48.0 Å². The van der Waals surface area contributed by atoms with Crippen molar-refractivity contribution in [3.8, 4) is 17.0 Å². The number of hydrogen-bond acceptors (Lipinski definition) is 5. The van der Waals surface area contributed by atoms with Crippen molar-refractivity contribution in [1.29, 1.82) is 0 Å². The molecule has 0 bridgehead atoms. The summed E-state index contributed by atoms with van der Waals surface area (Å²) in [6.45, 7) is 8.07. The molecular formula is C20H26N4O2S. The van der Waals surface area contributed by atoms with Crippen LogP contribution in [0.25, 0.3) is 16.2 Å². The number of aromatic nitrogens is 2. The maximum Gasteiger partial charge on any atom is 0.269 e. The van der Waals surface area contributed by atoms with Gasteiger partial charge in [0.15, 0.2) is 4.96 Å². The summed E-state index contributed by atoms with van der Waals surface area (Å²) in [7, 11) is 1.65. The number of ether oxygens (including phenoxy) is 1. The molecule has 144 valence electrons. The van der Waals surface area contributed by atoms with E-state index in [9.17, 15) is 4.79 Å². The van der Waals surface area contributed by atoms with E-state index >= 15 is 0 Å². The Morgan fingerprint density at radius 1 is 1.26 bits per heavy atom. The van der Waals surface area contributed by atoms with Gasteiger partial charge in [-0.05, 0) is 50.3 Å². The summed E-state index contributed by atoms with van der Waals surface area (Å²) in [5.74, 6) is 0.754. The second-order valence-corrected chi connectivity index (χ2v) is 7.10. The van der Waals surface area contributed by atoms with Gasteiger partial charge in [-0.25, -0.2) is 4.98 Å². The molecule has 0 aliphatic carbocycles. The average Bonchev–Trinajstić information content (AvgIpc) is 3.29. The molecule has 1 aromatic carbocycles. The molecule has 0 spiro atoms. The summed E-state index contributed by atoms with van der Waals surface area (Å²) in [5.41, 5.74) is 2.47. The number of nitrogens with zero attached hydrogens (tertiary/aromatic N) is 3. The number of imidazole rings is 1. The van der Waals surface area contributed by atoms with E-state index in [4.69, 9.17) is 4.74 Å². The molecule has 0 fully saturated rings. The molecule has 2 heterocycles. The van der Waals surface area contributed by atoms with Gasteiger partial charge in [0.1, 0.15) is 11.4 Å². The van der Waals surface area contributed by atoms with E-state index in [-0.39, 0.29) is 5.91 Å². The topological polar surface area (TPSA) is 58.9 Å².